The summed E-state index contributed by atoms with van der Waals surface area (Å²) in [5.74, 6) is 0.897. The zero-order valence-electron chi connectivity index (χ0n) is 10.6. The van der Waals surface area contributed by atoms with Crippen LogP contribution in [-0.4, -0.2) is 12.1 Å². The predicted molar refractivity (Wildman–Crippen MR) is 79.2 cm³/mol. The van der Waals surface area contributed by atoms with Gasteiger partial charge in [-0.3, -0.25) is 0 Å². The largest absolute Gasteiger partial charge is 0.496 e. The SMILES string of the molecule is COc1c(C)cc(C)cc1-c1sc(CN)nc1Br. The maximum absolute atomic E-state index is 5.64. The van der Waals surface area contributed by atoms with E-state index in [2.05, 4.69) is 40.0 Å². The van der Waals surface area contributed by atoms with Gasteiger partial charge in [0.05, 0.1) is 12.0 Å². The number of aromatic nitrogens is 1. The molecule has 96 valence electrons. The Morgan fingerprint density at radius 2 is 2.11 bits per heavy atom. The lowest BCUT2D eigenvalue weighted by molar-refractivity contribution is 0.413. The van der Waals surface area contributed by atoms with Gasteiger partial charge >= 0.3 is 0 Å². The van der Waals surface area contributed by atoms with E-state index in [1.165, 1.54) is 5.56 Å². The number of ether oxygens (including phenoxy) is 1. The fourth-order valence-electron chi connectivity index (χ4n) is 1.99. The molecule has 0 saturated carbocycles. The molecule has 1 heterocycles. The summed E-state index contributed by atoms with van der Waals surface area (Å²) in [6.07, 6.45) is 0. The van der Waals surface area contributed by atoms with E-state index in [9.17, 15) is 0 Å². The molecule has 2 rings (SSSR count). The van der Waals surface area contributed by atoms with Crippen LogP contribution in [0.4, 0.5) is 0 Å². The van der Waals surface area contributed by atoms with E-state index in [0.717, 1.165) is 31.4 Å². The van der Waals surface area contributed by atoms with Gasteiger partial charge in [0.15, 0.2) is 0 Å². The molecule has 18 heavy (non-hydrogen) atoms. The van der Waals surface area contributed by atoms with Gasteiger partial charge in [0.1, 0.15) is 15.4 Å². The van der Waals surface area contributed by atoms with Crippen LogP contribution < -0.4 is 10.5 Å². The zero-order chi connectivity index (χ0) is 13.3. The summed E-state index contributed by atoms with van der Waals surface area (Å²) in [6.45, 7) is 4.58. The molecule has 1 aromatic heterocycles. The Morgan fingerprint density at radius 3 is 2.67 bits per heavy atom. The minimum absolute atomic E-state index is 0.455. The number of hydrogen-bond acceptors (Lipinski definition) is 4. The number of nitrogens with zero attached hydrogens (tertiary/aromatic N) is 1. The Morgan fingerprint density at radius 1 is 1.39 bits per heavy atom. The topological polar surface area (TPSA) is 48.1 Å². The average Bonchev–Trinajstić information content (AvgIpc) is 2.69. The minimum atomic E-state index is 0.455. The quantitative estimate of drug-likeness (QED) is 0.936. The lowest BCUT2D eigenvalue weighted by atomic mass is 10.0. The van der Waals surface area contributed by atoms with Crippen molar-refractivity contribution >= 4 is 27.3 Å². The number of rotatable bonds is 3. The first-order valence-corrected chi connectivity index (χ1v) is 7.18. The first kappa shape index (κ1) is 13.5. The van der Waals surface area contributed by atoms with Crippen LogP contribution in [0.15, 0.2) is 16.7 Å². The molecule has 2 aromatic rings. The van der Waals surface area contributed by atoms with Gasteiger partial charge in [0, 0.05) is 12.1 Å². The third-order valence-corrected chi connectivity index (χ3v) is 4.62. The molecule has 2 N–H and O–H groups in total. The van der Waals surface area contributed by atoms with Crippen molar-refractivity contribution in [2.45, 2.75) is 20.4 Å². The molecule has 0 atom stereocenters. The molecule has 0 bridgehead atoms. The van der Waals surface area contributed by atoms with E-state index >= 15 is 0 Å². The van der Waals surface area contributed by atoms with Crippen molar-refractivity contribution in [1.29, 1.82) is 0 Å². The first-order valence-electron chi connectivity index (χ1n) is 5.57. The van der Waals surface area contributed by atoms with Crippen LogP contribution in [-0.2, 0) is 6.54 Å². The van der Waals surface area contributed by atoms with E-state index < -0.39 is 0 Å². The normalized spacial score (nSPS) is 10.7. The van der Waals surface area contributed by atoms with Gasteiger partial charge in [-0.2, -0.15) is 0 Å². The van der Waals surface area contributed by atoms with Crippen LogP contribution in [0.2, 0.25) is 0 Å². The molecule has 5 heteroatoms. The van der Waals surface area contributed by atoms with Crippen molar-refractivity contribution in [3.05, 3.63) is 32.9 Å². The van der Waals surface area contributed by atoms with Crippen LogP contribution in [0.1, 0.15) is 16.1 Å². The van der Waals surface area contributed by atoms with Crippen molar-refractivity contribution in [1.82, 2.24) is 4.98 Å². The third-order valence-electron chi connectivity index (χ3n) is 2.67. The van der Waals surface area contributed by atoms with Crippen LogP contribution in [0.3, 0.4) is 0 Å². The molecule has 0 unspecified atom stereocenters. The summed E-state index contributed by atoms with van der Waals surface area (Å²) in [6, 6.07) is 4.23. The Kier molecular flexibility index (Phi) is 4.04. The van der Waals surface area contributed by atoms with Gasteiger partial charge in [0.2, 0.25) is 0 Å². The van der Waals surface area contributed by atoms with Crippen LogP contribution >= 0.6 is 27.3 Å². The van der Waals surface area contributed by atoms with Crippen LogP contribution in [0.5, 0.6) is 5.75 Å². The molecule has 0 spiro atoms. The summed E-state index contributed by atoms with van der Waals surface area (Å²) >= 11 is 5.09. The third kappa shape index (κ3) is 2.43. The Hall–Kier alpha value is -0.910. The summed E-state index contributed by atoms with van der Waals surface area (Å²) in [5.41, 5.74) is 9.04. The summed E-state index contributed by atoms with van der Waals surface area (Å²) < 4.78 is 6.34. The molecule has 0 amide bonds. The minimum Gasteiger partial charge on any atom is -0.496 e. The lowest BCUT2D eigenvalue weighted by Crippen LogP contribution is -1.93. The Labute approximate surface area is 119 Å². The van der Waals surface area contributed by atoms with Crippen molar-refractivity contribution in [3.8, 4) is 16.2 Å². The fraction of sp³-hybridized carbons (Fsp3) is 0.308. The van der Waals surface area contributed by atoms with Gasteiger partial charge < -0.3 is 10.5 Å². The van der Waals surface area contributed by atoms with E-state index in [0.29, 0.717) is 6.54 Å². The highest BCUT2D eigenvalue weighted by Gasteiger charge is 2.16. The molecular weight excluding hydrogens is 312 g/mol. The molecule has 0 radical (unpaired) electrons. The standard InChI is InChI=1S/C13H15BrN2OS/c1-7-4-8(2)11(17-3)9(5-7)12-13(14)16-10(6-15)18-12/h4-5H,6,15H2,1-3H3. The molecular formula is C13H15BrN2OS. The van der Waals surface area contributed by atoms with E-state index in [-0.39, 0.29) is 0 Å². The second kappa shape index (κ2) is 5.38. The summed E-state index contributed by atoms with van der Waals surface area (Å²) in [5, 5.41) is 0.915. The average molecular weight is 327 g/mol. The number of thiazole rings is 1. The monoisotopic (exact) mass is 326 g/mol. The smallest absolute Gasteiger partial charge is 0.130 e. The van der Waals surface area contributed by atoms with E-state index in [1.807, 2.05) is 6.92 Å². The fourth-order valence-corrected chi connectivity index (χ4v) is 3.63. The Bertz CT molecular complexity index is 581. The lowest BCUT2D eigenvalue weighted by Gasteiger charge is -2.11. The number of nitrogens with two attached hydrogens (primary N) is 1. The van der Waals surface area contributed by atoms with Gasteiger partial charge in [-0.1, -0.05) is 6.07 Å². The number of benzene rings is 1. The molecule has 0 aliphatic carbocycles. The molecule has 0 aliphatic heterocycles. The molecule has 0 fully saturated rings. The summed E-state index contributed by atoms with van der Waals surface area (Å²) in [7, 11) is 1.69. The van der Waals surface area contributed by atoms with Gasteiger partial charge in [0.25, 0.3) is 0 Å². The van der Waals surface area contributed by atoms with Gasteiger partial charge in [-0.05, 0) is 47.0 Å². The number of methoxy groups -OCH3 is 1. The van der Waals surface area contributed by atoms with E-state index in [4.69, 9.17) is 10.5 Å². The van der Waals surface area contributed by atoms with Gasteiger partial charge in [-0.15, -0.1) is 11.3 Å². The first-order chi connectivity index (χ1) is 8.56. The highest BCUT2D eigenvalue weighted by molar-refractivity contribution is 9.10. The zero-order valence-corrected chi connectivity index (χ0v) is 13.0. The number of halogens is 1. The maximum atomic E-state index is 5.64. The molecule has 0 saturated heterocycles. The van der Waals surface area contributed by atoms with E-state index in [1.54, 1.807) is 18.4 Å². The second-order valence-corrected chi connectivity index (χ2v) is 5.93. The van der Waals surface area contributed by atoms with Crippen molar-refractivity contribution < 1.29 is 4.74 Å². The molecule has 0 aliphatic rings. The van der Waals surface area contributed by atoms with Gasteiger partial charge in [-0.25, -0.2) is 4.98 Å². The Balaban J connectivity index is 2.65. The second-order valence-electron chi connectivity index (χ2n) is 4.09. The molecule has 1 aromatic carbocycles. The van der Waals surface area contributed by atoms with Crippen molar-refractivity contribution in [2.24, 2.45) is 5.73 Å². The maximum Gasteiger partial charge on any atom is 0.130 e. The number of aryl methyl sites for hydroxylation is 2. The molecule has 3 nitrogen and oxygen atoms in total. The van der Waals surface area contributed by atoms with Crippen molar-refractivity contribution in [2.75, 3.05) is 7.11 Å². The van der Waals surface area contributed by atoms with Crippen LogP contribution in [0.25, 0.3) is 10.4 Å². The highest BCUT2D eigenvalue weighted by Crippen LogP contribution is 2.41. The van der Waals surface area contributed by atoms with Crippen molar-refractivity contribution in [3.63, 3.8) is 0 Å². The number of hydrogen-bond donors (Lipinski definition) is 1. The highest BCUT2D eigenvalue weighted by atomic mass is 79.9. The van der Waals surface area contributed by atoms with Crippen LogP contribution in [0, 0.1) is 13.8 Å². The summed E-state index contributed by atoms with van der Waals surface area (Å²) in [4.78, 5) is 5.46. The predicted octanol–water partition coefficient (Wildman–Crippen LogP) is 3.66.